The first kappa shape index (κ1) is 13.0. The number of rotatable bonds is 2. The van der Waals surface area contributed by atoms with E-state index in [0.717, 1.165) is 25.7 Å². The second kappa shape index (κ2) is 4.45. The maximum Gasteiger partial charge on any atom is 0.242 e. The molecular weight excluding hydrogens is 200 g/mol. The van der Waals surface area contributed by atoms with E-state index in [1.165, 1.54) is 0 Å². The number of carbonyl (C=O) groups excluding carboxylic acids is 1. The third-order valence-electron chi connectivity index (χ3n) is 3.14. The van der Waals surface area contributed by atoms with Gasteiger partial charge >= 0.3 is 0 Å². The fourth-order valence-electron chi connectivity index (χ4n) is 2.50. The SMILES string of the molecule is CN(CC(C)(C)C)C(=O)C1(C#N)CCCC1. The fourth-order valence-corrected chi connectivity index (χ4v) is 2.50. The molecule has 0 radical (unpaired) electrons. The van der Waals surface area contributed by atoms with Crippen LogP contribution in [0.5, 0.6) is 0 Å². The number of amides is 1. The van der Waals surface area contributed by atoms with Gasteiger partial charge in [-0.2, -0.15) is 5.26 Å². The molecule has 0 heterocycles. The summed E-state index contributed by atoms with van der Waals surface area (Å²) in [6, 6.07) is 2.25. The first-order chi connectivity index (χ1) is 7.31. The van der Waals surface area contributed by atoms with Crippen molar-refractivity contribution in [1.29, 1.82) is 5.26 Å². The van der Waals surface area contributed by atoms with Crippen LogP contribution in [-0.2, 0) is 4.79 Å². The molecule has 0 aromatic heterocycles. The molecule has 0 aromatic carbocycles. The monoisotopic (exact) mass is 222 g/mol. The highest BCUT2D eigenvalue weighted by atomic mass is 16.2. The molecule has 0 spiro atoms. The molecule has 3 nitrogen and oxygen atoms in total. The maximum atomic E-state index is 12.3. The molecule has 16 heavy (non-hydrogen) atoms. The lowest BCUT2D eigenvalue weighted by Crippen LogP contribution is -2.43. The molecule has 1 aliphatic carbocycles. The molecule has 3 heteroatoms. The summed E-state index contributed by atoms with van der Waals surface area (Å²) in [6.45, 7) is 7.01. The van der Waals surface area contributed by atoms with Crippen LogP contribution in [-0.4, -0.2) is 24.4 Å². The van der Waals surface area contributed by atoms with E-state index < -0.39 is 5.41 Å². The van der Waals surface area contributed by atoms with E-state index in [9.17, 15) is 10.1 Å². The standard InChI is InChI=1S/C13H22N2O/c1-12(2,3)10-15(4)11(16)13(9-14)7-5-6-8-13/h5-8,10H2,1-4H3. The lowest BCUT2D eigenvalue weighted by molar-refractivity contribution is -0.138. The van der Waals surface area contributed by atoms with Crippen molar-refractivity contribution in [2.75, 3.05) is 13.6 Å². The Hall–Kier alpha value is -1.04. The Morgan fingerprint density at radius 1 is 1.38 bits per heavy atom. The smallest absolute Gasteiger partial charge is 0.242 e. The summed E-state index contributed by atoms with van der Waals surface area (Å²) in [5.41, 5.74) is -0.639. The predicted octanol–water partition coefficient (Wildman–Crippen LogP) is 2.57. The van der Waals surface area contributed by atoms with E-state index in [1.54, 1.807) is 4.90 Å². The summed E-state index contributed by atoms with van der Waals surface area (Å²) < 4.78 is 0. The Bertz CT molecular complexity index is 303. The van der Waals surface area contributed by atoms with E-state index in [0.29, 0.717) is 6.54 Å². The summed E-state index contributed by atoms with van der Waals surface area (Å²) in [7, 11) is 1.81. The third-order valence-corrected chi connectivity index (χ3v) is 3.14. The van der Waals surface area contributed by atoms with E-state index in [-0.39, 0.29) is 11.3 Å². The van der Waals surface area contributed by atoms with Gasteiger partial charge in [-0.05, 0) is 18.3 Å². The summed E-state index contributed by atoms with van der Waals surface area (Å²) in [5.74, 6) is 0.0161. The Kier molecular flexibility index (Phi) is 3.62. The minimum atomic E-state index is -0.722. The van der Waals surface area contributed by atoms with E-state index in [2.05, 4.69) is 26.8 Å². The van der Waals surface area contributed by atoms with Crippen molar-refractivity contribution < 1.29 is 4.79 Å². The van der Waals surface area contributed by atoms with Gasteiger partial charge in [0.15, 0.2) is 0 Å². The van der Waals surface area contributed by atoms with Crippen LogP contribution in [0.25, 0.3) is 0 Å². The second-order valence-corrected chi connectivity index (χ2v) is 6.12. The fraction of sp³-hybridized carbons (Fsp3) is 0.846. The summed E-state index contributed by atoms with van der Waals surface area (Å²) >= 11 is 0. The molecule has 0 atom stereocenters. The quantitative estimate of drug-likeness (QED) is 0.720. The van der Waals surface area contributed by atoms with Gasteiger partial charge in [0.25, 0.3) is 0 Å². The number of hydrogen-bond acceptors (Lipinski definition) is 2. The van der Waals surface area contributed by atoms with E-state index in [1.807, 2.05) is 7.05 Å². The number of hydrogen-bond donors (Lipinski definition) is 0. The molecule has 0 unspecified atom stereocenters. The van der Waals surface area contributed by atoms with Gasteiger partial charge in [0.2, 0.25) is 5.91 Å². The van der Waals surface area contributed by atoms with Crippen LogP contribution in [0, 0.1) is 22.2 Å². The van der Waals surface area contributed by atoms with Crippen LogP contribution in [0.1, 0.15) is 46.5 Å². The van der Waals surface area contributed by atoms with Gasteiger partial charge in [-0.1, -0.05) is 33.6 Å². The molecular formula is C13H22N2O. The first-order valence-corrected chi connectivity index (χ1v) is 5.98. The highest BCUT2D eigenvalue weighted by molar-refractivity contribution is 5.85. The van der Waals surface area contributed by atoms with E-state index in [4.69, 9.17) is 0 Å². The zero-order valence-electron chi connectivity index (χ0n) is 10.8. The van der Waals surface area contributed by atoms with Crippen molar-refractivity contribution in [3.8, 4) is 6.07 Å². The average molecular weight is 222 g/mol. The molecule has 1 rings (SSSR count). The van der Waals surface area contributed by atoms with Gasteiger partial charge in [-0.3, -0.25) is 4.79 Å². The van der Waals surface area contributed by atoms with Crippen LogP contribution < -0.4 is 0 Å². The van der Waals surface area contributed by atoms with Crippen molar-refractivity contribution in [2.45, 2.75) is 46.5 Å². The molecule has 0 aromatic rings. The molecule has 90 valence electrons. The zero-order chi connectivity index (χ0) is 12.4. The van der Waals surface area contributed by atoms with Gasteiger partial charge in [-0.15, -0.1) is 0 Å². The van der Waals surface area contributed by atoms with Gasteiger partial charge in [-0.25, -0.2) is 0 Å². The maximum absolute atomic E-state index is 12.3. The molecule has 1 amide bonds. The Balaban J connectivity index is 2.73. The molecule has 0 aliphatic heterocycles. The summed E-state index contributed by atoms with van der Waals surface area (Å²) in [6.07, 6.45) is 3.47. The van der Waals surface area contributed by atoms with Gasteiger partial charge in [0.1, 0.15) is 5.41 Å². The van der Waals surface area contributed by atoms with Gasteiger partial charge in [0, 0.05) is 13.6 Å². The van der Waals surface area contributed by atoms with Crippen molar-refractivity contribution in [1.82, 2.24) is 4.90 Å². The molecule has 0 bridgehead atoms. The normalized spacial score (nSPS) is 19.2. The van der Waals surface area contributed by atoms with Gasteiger partial charge in [0.05, 0.1) is 6.07 Å². The average Bonchev–Trinajstić information content (AvgIpc) is 2.63. The van der Waals surface area contributed by atoms with Crippen molar-refractivity contribution in [3.63, 3.8) is 0 Å². The highest BCUT2D eigenvalue weighted by Crippen LogP contribution is 2.39. The molecule has 0 N–H and O–H groups in total. The Labute approximate surface area is 98.4 Å². The van der Waals surface area contributed by atoms with Crippen molar-refractivity contribution in [3.05, 3.63) is 0 Å². The summed E-state index contributed by atoms with van der Waals surface area (Å²) in [5, 5.41) is 9.24. The molecule has 1 fully saturated rings. The minimum absolute atomic E-state index is 0.0161. The molecule has 1 aliphatic rings. The Morgan fingerprint density at radius 2 is 1.88 bits per heavy atom. The molecule has 1 saturated carbocycles. The van der Waals surface area contributed by atoms with E-state index >= 15 is 0 Å². The number of nitriles is 1. The second-order valence-electron chi connectivity index (χ2n) is 6.12. The largest absolute Gasteiger partial charge is 0.344 e. The Morgan fingerprint density at radius 3 is 2.25 bits per heavy atom. The number of nitrogens with zero attached hydrogens (tertiary/aromatic N) is 2. The minimum Gasteiger partial charge on any atom is -0.344 e. The lowest BCUT2D eigenvalue weighted by Gasteiger charge is -2.31. The first-order valence-electron chi connectivity index (χ1n) is 5.98. The van der Waals surface area contributed by atoms with Crippen LogP contribution in [0.3, 0.4) is 0 Å². The van der Waals surface area contributed by atoms with Crippen LogP contribution in [0.2, 0.25) is 0 Å². The third kappa shape index (κ3) is 2.75. The highest BCUT2D eigenvalue weighted by Gasteiger charge is 2.43. The number of carbonyl (C=O) groups is 1. The lowest BCUT2D eigenvalue weighted by atomic mass is 9.85. The van der Waals surface area contributed by atoms with Crippen LogP contribution in [0.15, 0.2) is 0 Å². The van der Waals surface area contributed by atoms with Crippen LogP contribution in [0.4, 0.5) is 0 Å². The topological polar surface area (TPSA) is 44.1 Å². The van der Waals surface area contributed by atoms with Crippen molar-refractivity contribution >= 4 is 5.91 Å². The summed E-state index contributed by atoms with van der Waals surface area (Å²) in [4.78, 5) is 14.0. The predicted molar refractivity (Wildman–Crippen MR) is 63.6 cm³/mol. The zero-order valence-corrected chi connectivity index (χ0v) is 10.8. The van der Waals surface area contributed by atoms with Gasteiger partial charge < -0.3 is 4.90 Å². The van der Waals surface area contributed by atoms with Crippen LogP contribution >= 0.6 is 0 Å². The molecule has 0 saturated heterocycles. The van der Waals surface area contributed by atoms with Crippen molar-refractivity contribution in [2.24, 2.45) is 10.8 Å².